The number of phenolic OH excluding ortho intramolecular Hbond substituents is 1. The summed E-state index contributed by atoms with van der Waals surface area (Å²) in [5.41, 5.74) is -2.73. The Labute approximate surface area is 188 Å². The lowest BCUT2D eigenvalue weighted by molar-refractivity contribution is -0.0500. The van der Waals surface area contributed by atoms with Crippen LogP contribution in [0.5, 0.6) is 11.5 Å². The summed E-state index contributed by atoms with van der Waals surface area (Å²) < 4.78 is 62.5. The number of pyridine rings is 2. The van der Waals surface area contributed by atoms with E-state index in [1.54, 1.807) is 48.7 Å². The van der Waals surface area contributed by atoms with Crippen LogP contribution in [0.2, 0.25) is 0 Å². The van der Waals surface area contributed by atoms with Gasteiger partial charge in [0.1, 0.15) is 11.5 Å². The minimum absolute atomic E-state index is 0.267. The van der Waals surface area contributed by atoms with Crippen LogP contribution in [0.25, 0.3) is 22.5 Å². The van der Waals surface area contributed by atoms with Crippen LogP contribution in [0.3, 0.4) is 0 Å². The van der Waals surface area contributed by atoms with Crippen LogP contribution in [-0.4, -0.2) is 29.0 Å². The Morgan fingerprint density at radius 2 is 1.27 bits per heavy atom. The molecule has 0 bridgehead atoms. The Balaban J connectivity index is 0.000000203. The van der Waals surface area contributed by atoms with Gasteiger partial charge in [0.15, 0.2) is 0 Å². The smallest absolute Gasteiger partial charge is 0.508 e. The molecule has 0 saturated heterocycles. The van der Waals surface area contributed by atoms with E-state index < -0.39 is 21.4 Å². The normalized spacial score (nSPS) is 11.2. The Kier molecular flexibility index (Phi) is 7.29. The number of benzene rings is 2. The van der Waals surface area contributed by atoms with Gasteiger partial charge in [-0.05, 0) is 48.5 Å². The van der Waals surface area contributed by atoms with E-state index in [4.69, 9.17) is 0 Å². The van der Waals surface area contributed by atoms with Gasteiger partial charge in [-0.2, -0.15) is 21.6 Å². The number of halogens is 3. The summed E-state index contributed by atoms with van der Waals surface area (Å²) in [5.74, 6) is -0.159. The van der Waals surface area contributed by atoms with E-state index in [-0.39, 0.29) is 5.75 Å². The van der Waals surface area contributed by atoms with Gasteiger partial charge in [0.25, 0.3) is 0 Å². The molecule has 0 aliphatic heterocycles. The molecule has 2 aromatic heterocycles. The molecule has 0 aliphatic rings. The first-order valence-corrected chi connectivity index (χ1v) is 10.8. The van der Waals surface area contributed by atoms with E-state index >= 15 is 0 Å². The van der Waals surface area contributed by atoms with Gasteiger partial charge in [-0.25, -0.2) is 0 Å². The monoisotopic (exact) mass is 474 g/mol. The number of hydrogen-bond acceptors (Lipinski definition) is 6. The van der Waals surface area contributed by atoms with Crippen molar-refractivity contribution >= 4 is 10.1 Å². The Morgan fingerprint density at radius 3 is 1.76 bits per heavy atom. The average molecular weight is 474 g/mol. The minimum atomic E-state index is -5.67. The molecule has 33 heavy (non-hydrogen) atoms. The topological polar surface area (TPSA) is 89.4 Å². The molecule has 0 saturated carbocycles. The van der Waals surface area contributed by atoms with Crippen molar-refractivity contribution in [3.63, 3.8) is 0 Å². The lowest BCUT2D eigenvalue weighted by Crippen LogP contribution is -2.28. The second-order valence-corrected chi connectivity index (χ2v) is 8.03. The Bertz CT molecular complexity index is 1300. The van der Waals surface area contributed by atoms with Crippen molar-refractivity contribution in [2.75, 3.05) is 0 Å². The van der Waals surface area contributed by atoms with Crippen molar-refractivity contribution in [2.24, 2.45) is 0 Å². The fourth-order valence-electron chi connectivity index (χ4n) is 2.61. The summed E-state index contributed by atoms with van der Waals surface area (Å²) in [6.45, 7) is 0. The molecule has 0 aliphatic carbocycles. The average Bonchev–Trinajstić information content (AvgIpc) is 2.80. The molecule has 2 aromatic carbocycles. The van der Waals surface area contributed by atoms with E-state index in [0.29, 0.717) is 11.3 Å². The fourth-order valence-corrected chi connectivity index (χ4v) is 3.06. The fraction of sp³-hybridized carbons (Fsp3) is 0.0435. The van der Waals surface area contributed by atoms with Gasteiger partial charge in [-0.3, -0.25) is 9.97 Å². The third kappa shape index (κ3) is 6.53. The van der Waals surface area contributed by atoms with Crippen LogP contribution in [-0.2, 0) is 10.1 Å². The molecule has 170 valence electrons. The number of hydrogen-bond donors (Lipinski definition) is 1. The van der Waals surface area contributed by atoms with Gasteiger partial charge >= 0.3 is 15.6 Å². The maximum absolute atomic E-state index is 12.2. The lowest BCUT2D eigenvalue weighted by atomic mass is 10.1. The predicted octanol–water partition coefficient (Wildman–Crippen LogP) is 5.43. The highest BCUT2D eigenvalue weighted by Crippen LogP contribution is 2.29. The summed E-state index contributed by atoms with van der Waals surface area (Å²) in [5, 5.41) is 9.25. The number of phenols is 1. The molecule has 0 fully saturated rings. The van der Waals surface area contributed by atoms with Gasteiger partial charge in [0.2, 0.25) is 0 Å². The quantitative estimate of drug-likeness (QED) is 0.313. The second kappa shape index (κ2) is 10.1. The van der Waals surface area contributed by atoms with Crippen molar-refractivity contribution < 1.29 is 30.9 Å². The molecule has 6 nitrogen and oxygen atoms in total. The van der Waals surface area contributed by atoms with E-state index in [9.17, 15) is 26.7 Å². The molecule has 0 spiro atoms. The van der Waals surface area contributed by atoms with Crippen LogP contribution < -0.4 is 4.18 Å². The number of aromatic nitrogens is 2. The first-order valence-electron chi connectivity index (χ1n) is 9.38. The number of rotatable bonds is 4. The van der Waals surface area contributed by atoms with Gasteiger partial charge in [-0.15, -0.1) is 0 Å². The van der Waals surface area contributed by atoms with Crippen LogP contribution in [0.4, 0.5) is 13.2 Å². The zero-order valence-corrected chi connectivity index (χ0v) is 17.7. The Hall–Kier alpha value is -3.92. The first-order chi connectivity index (χ1) is 15.7. The number of nitrogens with zero attached hydrogens (tertiary/aromatic N) is 2. The summed E-state index contributed by atoms with van der Waals surface area (Å²) in [4.78, 5) is 8.19. The van der Waals surface area contributed by atoms with Crippen molar-refractivity contribution in [1.29, 1.82) is 0 Å². The van der Waals surface area contributed by atoms with Crippen molar-refractivity contribution in [1.82, 2.24) is 9.97 Å². The molecule has 0 amide bonds. The first kappa shape index (κ1) is 23.7. The molecule has 10 heteroatoms. The van der Waals surface area contributed by atoms with Crippen molar-refractivity contribution in [2.45, 2.75) is 5.51 Å². The molecular formula is C23H17F3N2O4S. The number of aromatic hydroxyl groups is 1. The van der Waals surface area contributed by atoms with Gasteiger partial charge in [0, 0.05) is 23.5 Å². The molecular weight excluding hydrogens is 457 g/mol. The third-order valence-corrected chi connectivity index (χ3v) is 5.07. The highest BCUT2D eigenvalue weighted by atomic mass is 32.2. The number of alkyl halides is 3. The standard InChI is InChI=1S/C12H8F3NO3S.C11H9NO/c13-12(14,15)20(17,18)19-10-5-3-4-9(8-10)11-6-1-2-7-16-11;13-10-5-3-4-9(8-10)11-6-1-2-7-12-11/h1-8H;1-8,13H. The van der Waals surface area contributed by atoms with Crippen LogP contribution in [0.15, 0.2) is 97.3 Å². The maximum atomic E-state index is 12.2. The molecule has 0 atom stereocenters. The summed E-state index contributed by atoms with van der Waals surface area (Å²) in [6, 6.07) is 23.0. The second-order valence-electron chi connectivity index (χ2n) is 6.49. The van der Waals surface area contributed by atoms with E-state index in [2.05, 4.69) is 14.2 Å². The molecule has 0 unspecified atom stereocenters. The molecule has 4 rings (SSSR count). The Morgan fingerprint density at radius 1 is 0.727 bits per heavy atom. The molecule has 0 radical (unpaired) electrons. The maximum Gasteiger partial charge on any atom is 0.534 e. The SMILES string of the molecule is O=S(=O)(Oc1cccc(-c2ccccn2)c1)C(F)(F)F.Oc1cccc(-c2ccccn2)c1. The highest BCUT2D eigenvalue weighted by molar-refractivity contribution is 7.88. The van der Waals surface area contributed by atoms with E-state index in [0.717, 1.165) is 17.3 Å². The lowest BCUT2D eigenvalue weighted by Gasteiger charge is -2.10. The summed E-state index contributed by atoms with van der Waals surface area (Å²) in [6.07, 6.45) is 3.24. The predicted molar refractivity (Wildman–Crippen MR) is 117 cm³/mol. The molecule has 2 heterocycles. The minimum Gasteiger partial charge on any atom is -0.508 e. The van der Waals surface area contributed by atoms with Gasteiger partial charge < -0.3 is 9.29 Å². The third-order valence-electron chi connectivity index (χ3n) is 4.09. The molecule has 4 aromatic rings. The zero-order chi connectivity index (χ0) is 23.9. The summed E-state index contributed by atoms with van der Waals surface area (Å²) in [7, 11) is -5.67. The van der Waals surface area contributed by atoms with E-state index in [1.807, 2.05) is 24.3 Å². The van der Waals surface area contributed by atoms with E-state index in [1.165, 1.54) is 18.3 Å². The van der Waals surface area contributed by atoms with Crippen molar-refractivity contribution in [3.8, 4) is 34.0 Å². The van der Waals surface area contributed by atoms with Crippen molar-refractivity contribution in [3.05, 3.63) is 97.3 Å². The van der Waals surface area contributed by atoms with Crippen LogP contribution in [0.1, 0.15) is 0 Å². The zero-order valence-electron chi connectivity index (χ0n) is 16.8. The van der Waals surface area contributed by atoms with Gasteiger partial charge in [0.05, 0.1) is 11.4 Å². The highest BCUT2D eigenvalue weighted by Gasteiger charge is 2.48. The van der Waals surface area contributed by atoms with Gasteiger partial charge in [-0.1, -0.05) is 36.4 Å². The van der Waals surface area contributed by atoms with Crippen LogP contribution in [0, 0.1) is 0 Å². The largest absolute Gasteiger partial charge is 0.534 e. The molecule has 1 N–H and O–H groups in total. The van der Waals surface area contributed by atoms with Crippen LogP contribution >= 0.6 is 0 Å². The summed E-state index contributed by atoms with van der Waals surface area (Å²) >= 11 is 0.